The quantitative estimate of drug-likeness (QED) is 0.375. The molecule has 0 spiro atoms. The molecule has 0 radical (unpaired) electrons. The second kappa shape index (κ2) is 8.83. The van der Waals surface area contributed by atoms with Crippen LogP contribution < -0.4 is 0 Å². The van der Waals surface area contributed by atoms with Crippen molar-refractivity contribution in [3.8, 4) is 0 Å². The maximum Gasteiger partial charge on any atom is 0.0611 e. The third-order valence-corrected chi connectivity index (χ3v) is 6.07. The molecule has 0 aromatic heterocycles. The van der Waals surface area contributed by atoms with Gasteiger partial charge in [-0.1, -0.05) is 57.5 Å². The van der Waals surface area contributed by atoms with Crippen molar-refractivity contribution in [2.24, 2.45) is 11.1 Å². The Morgan fingerprint density at radius 3 is 2.35 bits per heavy atom. The van der Waals surface area contributed by atoms with Crippen molar-refractivity contribution in [3.63, 3.8) is 0 Å². The molecule has 1 aliphatic rings. The van der Waals surface area contributed by atoms with Crippen LogP contribution in [0.3, 0.4) is 0 Å². The Labute approximate surface area is 163 Å². The summed E-state index contributed by atoms with van der Waals surface area (Å²) in [6.07, 6.45) is 3.85. The van der Waals surface area contributed by atoms with E-state index in [1.807, 2.05) is 0 Å². The summed E-state index contributed by atoms with van der Waals surface area (Å²) in [7, 11) is 0. The van der Waals surface area contributed by atoms with Crippen LogP contribution >= 0.6 is 15.9 Å². The number of hydrogen-bond acceptors (Lipinski definition) is 3. The fourth-order valence-electron chi connectivity index (χ4n) is 3.99. The van der Waals surface area contributed by atoms with Gasteiger partial charge in [0, 0.05) is 22.7 Å². The lowest BCUT2D eigenvalue weighted by molar-refractivity contribution is 0.120. The molecule has 0 bridgehead atoms. The van der Waals surface area contributed by atoms with Crippen molar-refractivity contribution < 1.29 is 10.3 Å². The molecule has 2 N–H and O–H groups in total. The lowest BCUT2D eigenvalue weighted by Crippen LogP contribution is -2.26. The predicted octanol–water partition coefficient (Wildman–Crippen LogP) is 5.66. The molecule has 2 aromatic rings. The van der Waals surface area contributed by atoms with Crippen LogP contribution in [0.5, 0.6) is 0 Å². The monoisotopic (exact) mass is 415 g/mol. The number of nitrogens with zero attached hydrogens (tertiary/aromatic N) is 1. The SMILES string of the molecule is Cc1ccccc1C(C/C(=N\O)C1CCC(O)CC1)c1ccc(Br)cc1. The molecule has 4 heteroatoms. The standard InChI is InChI=1S/C22H26BrNO2/c1-15-4-2-3-5-20(15)21(16-6-10-18(23)11-7-16)14-22(24-26)17-8-12-19(25)13-9-17/h2-7,10-11,17,19,21,25-26H,8-9,12-14H2,1H3/b24-22+. The molecule has 3 nitrogen and oxygen atoms in total. The number of rotatable bonds is 5. The highest BCUT2D eigenvalue weighted by Gasteiger charge is 2.27. The van der Waals surface area contributed by atoms with Gasteiger partial charge in [0.15, 0.2) is 0 Å². The number of oxime groups is 1. The van der Waals surface area contributed by atoms with Crippen molar-refractivity contribution in [1.29, 1.82) is 0 Å². The molecule has 1 saturated carbocycles. The molecule has 0 heterocycles. The predicted molar refractivity (Wildman–Crippen MR) is 109 cm³/mol. The second-order valence-corrected chi connectivity index (χ2v) is 8.18. The highest BCUT2D eigenvalue weighted by atomic mass is 79.9. The molecule has 3 rings (SSSR count). The fourth-order valence-corrected chi connectivity index (χ4v) is 4.25. The minimum Gasteiger partial charge on any atom is -0.411 e. The Hall–Kier alpha value is -1.65. The molecule has 1 fully saturated rings. The molecule has 1 atom stereocenters. The number of aliphatic hydroxyl groups excluding tert-OH is 1. The van der Waals surface area contributed by atoms with Crippen molar-refractivity contribution in [1.82, 2.24) is 0 Å². The van der Waals surface area contributed by atoms with E-state index >= 15 is 0 Å². The largest absolute Gasteiger partial charge is 0.411 e. The first-order valence-corrected chi connectivity index (χ1v) is 10.1. The van der Waals surface area contributed by atoms with Crippen LogP contribution in [0.15, 0.2) is 58.2 Å². The summed E-state index contributed by atoms with van der Waals surface area (Å²) >= 11 is 3.51. The molecular weight excluding hydrogens is 390 g/mol. The van der Waals surface area contributed by atoms with Gasteiger partial charge in [-0.05, 0) is 61.4 Å². The van der Waals surface area contributed by atoms with Crippen LogP contribution in [0, 0.1) is 12.8 Å². The van der Waals surface area contributed by atoms with Crippen molar-refractivity contribution in [2.45, 2.75) is 51.0 Å². The molecule has 0 aliphatic heterocycles. The third-order valence-electron chi connectivity index (χ3n) is 5.55. The Bertz CT molecular complexity index is 749. The molecule has 1 unspecified atom stereocenters. The minimum absolute atomic E-state index is 0.155. The average molecular weight is 416 g/mol. The zero-order chi connectivity index (χ0) is 18.5. The molecule has 26 heavy (non-hydrogen) atoms. The number of hydrogen-bond donors (Lipinski definition) is 2. The summed E-state index contributed by atoms with van der Waals surface area (Å²) in [6.45, 7) is 2.13. The van der Waals surface area contributed by atoms with Crippen LogP contribution in [0.25, 0.3) is 0 Å². The molecule has 0 amide bonds. The van der Waals surface area contributed by atoms with E-state index in [1.165, 1.54) is 16.7 Å². The maximum atomic E-state index is 9.77. The zero-order valence-corrected chi connectivity index (χ0v) is 16.7. The molecule has 2 aromatic carbocycles. The molecular formula is C22H26BrNO2. The topological polar surface area (TPSA) is 52.8 Å². The third kappa shape index (κ3) is 4.54. The van der Waals surface area contributed by atoms with Gasteiger partial charge < -0.3 is 10.3 Å². The maximum absolute atomic E-state index is 9.77. The van der Waals surface area contributed by atoms with Gasteiger partial charge in [0.2, 0.25) is 0 Å². The van der Waals surface area contributed by atoms with Crippen molar-refractivity contribution in [2.75, 3.05) is 0 Å². The fraction of sp³-hybridized carbons (Fsp3) is 0.409. The highest BCUT2D eigenvalue weighted by molar-refractivity contribution is 9.10. The Morgan fingerprint density at radius 2 is 1.73 bits per heavy atom. The van der Waals surface area contributed by atoms with Crippen LogP contribution in [0.2, 0.25) is 0 Å². The summed E-state index contributed by atoms with van der Waals surface area (Å²) in [6, 6.07) is 16.8. The number of aliphatic hydroxyl groups is 1. The minimum atomic E-state index is -0.204. The summed E-state index contributed by atoms with van der Waals surface area (Å²) < 4.78 is 1.06. The summed E-state index contributed by atoms with van der Waals surface area (Å²) in [5, 5.41) is 23.2. The van der Waals surface area contributed by atoms with E-state index in [4.69, 9.17) is 0 Å². The van der Waals surface area contributed by atoms with Gasteiger partial charge in [-0.15, -0.1) is 0 Å². The molecule has 138 valence electrons. The van der Waals surface area contributed by atoms with Gasteiger partial charge in [0.05, 0.1) is 11.8 Å². The van der Waals surface area contributed by atoms with Crippen LogP contribution in [-0.2, 0) is 0 Å². The van der Waals surface area contributed by atoms with E-state index in [0.717, 1.165) is 35.9 Å². The smallest absolute Gasteiger partial charge is 0.0611 e. The van der Waals surface area contributed by atoms with Crippen molar-refractivity contribution >= 4 is 21.6 Å². The lowest BCUT2D eigenvalue weighted by atomic mass is 9.78. The zero-order valence-electron chi connectivity index (χ0n) is 15.1. The molecule has 0 saturated heterocycles. The summed E-state index contributed by atoms with van der Waals surface area (Å²) in [5.41, 5.74) is 4.59. The van der Waals surface area contributed by atoms with E-state index in [9.17, 15) is 10.3 Å². The van der Waals surface area contributed by atoms with E-state index < -0.39 is 0 Å². The molecule has 1 aliphatic carbocycles. The Morgan fingerprint density at radius 1 is 1.08 bits per heavy atom. The van der Waals surface area contributed by atoms with Crippen LogP contribution in [0.4, 0.5) is 0 Å². The van der Waals surface area contributed by atoms with E-state index in [1.54, 1.807) is 0 Å². The van der Waals surface area contributed by atoms with Crippen LogP contribution in [0.1, 0.15) is 54.7 Å². The lowest BCUT2D eigenvalue weighted by Gasteiger charge is -2.28. The van der Waals surface area contributed by atoms with Gasteiger partial charge in [-0.2, -0.15) is 0 Å². The van der Waals surface area contributed by atoms with Gasteiger partial charge in [-0.3, -0.25) is 0 Å². The van der Waals surface area contributed by atoms with Crippen molar-refractivity contribution in [3.05, 3.63) is 69.7 Å². The average Bonchev–Trinajstić information content (AvgIpc) is 2.66. The first kappa shape index (κ1) is 19.1. The normalized spacial score (nSPS) is 22.2. The van der Waals surface area contributed by atoms with Gasteiger partial charge >= 0.3 is 0 Å². The highest BCUT2D eigenvalue weighted by Crippen LogP contribution is 2.35. The van der Waals surface area contributed by atoms with E-state index in [2.05, 4.69) is 76.5 Å². The second-order valence-electron chi connectivity index (χ2n) is 7.26. The van der Waals surface area contributed by atoms with E-state index in [-0.39, 0.29) is 17.9 Å². The van der Waals surface area contributed by atoms with Gasteiger partial charge in [0.25, 0.3) is 0 Å². The summed E-state index contributed by atoms with van der Waals surface area (Å²) in [4.78, 5) is 0. The summed E-state index contributed by atoms with van der Waals surface area (Å²) in [5.74, 6) is 0.410. The van der Waals surface area contributed by atoms with Gasteiger partial charge in [-0.25, -0.2) is 0 Å². The van der Waals surface area contributed by atoms with Crippen LogP contribution in [-0.4, -0.2) is 22.1 Å². The number of aryl methyl sites for hydroxylation is 1. The first-order valence-electron chi connectivity index (χ1n) is 9.28. The van der Waals surface area contributed by atoms with E-state index in [0.29, 0.717) is 6.42 Å². The first-order chi connectivity index (χ1) is 12.6. The Kier molecular flexibility index (Phi) is 6.49. The Balaban J connectivity index is 1.90. The number of benzene rings is 2. The number of halogens is 1. The van der Waals surface area contributed by atoms with Gasteiger partial charge in [0.1, 0.15) is 0 Å².